The number of hydrogen-bond donors (Lipinski definition) is 2. The molecule has 3 N–H and O–H groups in total. The second-order valence-corrected chi connectivity index (χ2v) is 3.01. The van der Waals surface area contributed by atoms with Crippen molar-refractivity contribution in [2.24, 2.45) is 7.05 Å². The average molecular weight is 209 g/mol. The van der Waals surface area contributed by atoms with Crippen LogP contribution in [0.4, 0.5) is 11.8 Å². The summed E-state index contributed by atoms with van der Waals surface area (Å²) in [5.74, 6) is -0.266. The van der Waals surface area contributed by atoms with Crippen molar-refractivity contribution in [2.45, 2.75) is 0 Å². The molecule has 0 bridgehead atoms. The second-order valence-electron chi connectivity index (χ2n) is 3.01. The van der Waals surface area contributed by atoms with Crippen LogP contribution in [0.15, 0.2) is 10.9 Å². The number of H-pyrrole nitrogens is 1. The van der Waals surface area contributed by atoms with Gasteiger partial charge in [-0.15, -0.1) is 0 Å². The Morgan fingerprint density at radius 3 is 2.93 bits per heavy atom. The zero-order chi connectivity index (χ0) is 11.2. The highest BCUT2D eigenvalue weighted by Crippen LogP contribution is 2.19. The summed E-state index contributed by atoms with van der Waals surface area (Å²) in [5, 5.41) is 10.8. The predicted octanol–water partition coefficient (Wildman–Crippen LogP) is -0.248. The van der Waals surface area contributed by atoms with Crippen LogP contribution in [-0.2, 0) is 7.05 Å². The van der Waals surface area contributed by atoms with Crippen molar-refractivity contribution in [3.8, 4) is 0 Å². The molecule has 0 amide bonds. The molecule has 0 saturated carbocycles. The van der Waals surface area contributed by atoms with Gasteiger partial charge in [-0.2, -0.15) is 4.98 Å². The number of hydrogen-bond acceptors (Lipinski definition) is 5. The number of aryl methyl sites for hydroxylation is 1. The summed E-state index contributed by atoms with van der Waals surface area (Å²) in [7, 11) is 1.45. The lowest BCUT2D eigenvalue weighted by molar-refractivity contribution is -0.391. The number of aromatic nitrogens is 3. The zero-order valence-corrected chi connectivity index (χ0v) is 7.72. The van der Waals surface area contributed by atoms with Crippen LogP contribution < -0.4 is 11.3 Å². The summed E-state index contributed by atoms with van der Waals surface area (Å²) in [6.45, 7) is 0. The van der Waals surface area contributed by atoms with Gasteiger partial charge >= 0.3 is 5.82 Å². The number of nitrogen functional groups attached to an aromatic ring is 1. The third-order valence-electron chi connectivity index (χ3n) is 2.08. The van der Waals surface area contributed by atoms with E-state index < -0.39 is 10.5 Å². The third-order valence-corrected chi connectivity index (χ3v) is 2.08. The predicted molar refractivity (Wildman–Crippen MR) is 52.4 cm³/mol. The SMILES string of the molecule is Cn1c([N+](=O)[O-])cc2c(=O)[nH]c(N)nc21. The van der Waals surface area contributed by atoms with Gasteiger partial charge in [0.2, 0.25) is 11.6 Å². The highest BCUT2D eigenvalue weighted by Gasteiger charge is 2.19. The van der Waals surface area contributed by atoms with Crippen LogP contribution in [0.25, 0.3) is 11.0 Å². The summed E-state index contributed by atoms with van der Waals surface area (Å²) in [6.07, 6.45) is 0. The van der Waals surface area contributed by atoms with Gasteiger partial charge in [-0.3, -0.25) is 9.78 Å². The lowest BCUT2D eigenvalue weighted by Gasteiger charge is -1.94. The van der Waals surface area contributed by atoms with Gasteiger partial charge in [0, 0.05) is 0 Å². The summed E-state index contributed by atoms with van der Waals surface area (Å²) in [4.78, 5) is 27.5. The summed E-state index contributed by atoms with van der Waals surface area (Å²) in [6, 6.07) is 1.17. The van der Waals surface area contributed by atoms with Gasteiger partial charge < -0.3 is 15.8 Å². The molecule has 78 valence electrons. The van der Waals surface area contributed by atoms with Gasteiger partial charge in [0.15, 0.2) is 0 Å². The zero-order valence-electron chi connectivity index (χ0n) is 7.72. The highest BCUT2D eigenvalue weighted by molar-refractivity contribution is 5.79. The first-order chi connectivity index (χ1) is 7.00. The number of nitrogens with two attached hydrogens (primary N) is 1. The molecule has 0 aliphatic rings. The molecule has 2 rings (SSSR count). The van der Waals surface area contributed by atoms with E-state index in [2.05, 4.69) is 9.97 Å². The highest BCUT2D eigenvalue weighted by atomic mass is 16.6. The summed E-state index contributed by atoms with van der Waals surface area (Å²) < 4.78 is 1.21. The molecule has 8 nitrogen and oxygen atoms in total. The van der Waals surface area contributed by atoms with Gasteiger partial charge in [-0.25, -0.2) is 4.57 Å². The molecule has 2 aromatic heterocycles. The molecule has 0 aliphatic heterocycles. The molecule has 2 heterocycles. The van der Waals surface area contributed by atoms with Crippen molar-refractivity contribution < 1.29 is 4.92 Å². The smallest absolute Gasteiger partial charge is 0.325 e. The molecule has 0 aromatic carbocycles. The Labute approximate surface area is 82.5 Å². The van der Waals surface area contributed by atoms with Crippen LogP contribution >= 0.6 is 0 Å². The molecule has 2 aromatic rings. The number of anilines is 1. The number of rotatable bonds is 1. The lowest BCUT2D eigenvalue weighted by atomic mass is 10.4. The van der Waals surface area contributed by atoms with Gasteiger partial charge in [0.05, 0.1) is 13.1 Å². The van der Waals surface area contributed by atoms with E-state index in [-0.39, 0.29) is 22.8 Å². The standard InChI is InChI=1S/C7H7N5O3/c1-11-4(12(14)15)2-3-5(11)9-7(8)10-6(3)13/h2H,1H3,(H3,8,9,10,13). The van der Waals surface area contributed by atoms with Crippen LogP contribution in [0.3, 0.4) is 0 Å². The first-order valence-electron chi connectivity index (χ1n) is 4.00. The minimum absolute atomic E-state index is 0.0661. The Bertz CT molecular complexity index is 611. The maximum atomic E-state index is 11.4. The molecular formula is C7H7N5O3. The first kappa shape index (κ1) is 9.19. The lowest BCUT2D eigenvalue weighted by Crippen LogP contribution is -2.11. The molecule has 0 aliphatic carbocycles. The monoisotopic (exact) mass is 209 g/mol. The molecule has 8 heteroatoms. The van der Waals surface area contributed by atoms with Crippen LogP contribution in [0.2, 0.25) is 0 Å². The van der Waals surface area contributed by atoms with Crippen LogP contribution in [0, 0.1) is 10.1 Å². The maximum Gasteiger partial charge on any atom is 0.325 e. The molecule has 0 fully saturated rings. The van der Waals surface area contributed by atoms with Crippen LogP contribution in [-0.4, -0.2) is 19.5 Å². The fourth-order valence-electron chi connectivity index (χ4n) is 1.38. The molecule has 0 atom stereocenters. The first-order valence-corrected chi connectivity index (χ1v) is 4.00. The largest absolute Gasteiger partial charge is 0.369 e. The normalized spacial score (nSPS) is 10.7. The van der Waals surface area contributed by atoms with E-state index in [0.717, 1.165) is 0 Å². The second kappa shape index (κ2) is 2.80. The Morgan fingerprint density at radius 2 is 2.33 bits per heavy atom. The molecular weight excluding hydrogens is 202 g/mol. The Morgan fingerprint density at radius 1 is 1.67 bits per heavy atom. The topological polar surface area (TPSA) is 120 Å². The van der Waals surface area contributed by atoms with Crippen molar-refractivity contribution >= 4 is 22.8 Å². The third kappa shape index (κ3) is 1.23. The Hall–Kier alpha value is -2.38. The molecule has 0 saturated heterocycles. The minimum Gasteiger partial charge on any atom is -0.369 e. The van der Waals surface area contributed by atoms with E-state index in [9.17, 15) is 14.9 Å². The van der Waals surface area contributed by atoms with Gasteiger partial charge in [-0.1, -0.05) is 0 Å². The fourth-order valence-corrected chi connectivity index (χ4v) is 1.38. The average Bonchev–Trinajstić information content (AvgIpc) is 2.44. The fraction of sp³-hybridized carbons (Fsp3) is 0.143. The van der Waals surface area contributed by atoms with Crippen molar-refractivity contribution in [3.05, 3.63) is 26.5 Å². The Balaban J connectivity index is 2.94. The molecule has 15 heavy (non-hydrogen) atoms. The maximum absolute atomic E-state index is 11.4. The minimum atomic E-state index is -0.586. The van der Waals surface area contributed by atoms with Crippen molar-refractivity contribution in [1.29, 1.82) is 0 Å². The van der Waals surface area contributed by atoms with Gasteiger partial charge in [-0.05, 0) is 4.92 Å². The number of nitro groups is 1. The van der Waals surface area contributed by atoms with E-state index in [1.54, 1.807) is 0 Å². The van der Waals surface area contributed by atoms with E-state index in [1.165, 1.54) is 17.7 Å². The van der Waals surface area contributed by atoms with E-state index in [1.807, 2.05) is 0 Å². The molecule has 0 spiro atoms. The number of aromatic amines is 1. The van der Waals surface area contributed by atoms with Crippen LogP contribution in [0.1, 0.15) is 0 Å². The van der Waals surface area contributed by atoms with E-state index in [0.29, 0.717) is 0 Å². The van der Waals surface area contributed by atoms with E-state index in [4.69, 9.17) is 5.73 Å². The Kier molecular flexibility index (Phi) is 1.72. The van der Waals surface area contributed by atoms with Crippen molar-refractivity contribution in [2.75, 3.05) is 5.73 Å². The number of nitrogens with one attached hydrogen (secondary N) is 1. The molecule has 0 unspecified atom stereocenters. The van der Waals surface area contributed by atoms with Gasteiger partial charge in [0.25, 0.3) is 5.56 Å². The van der Waals surface area contributed by atoms with Gasteiger partial charge in [0.1, 0.15) is 5.39 Å². The van der Waals surface area contributed by atoms with Crippen molar-refractivity contribution in [1.82, 2.24) is 14.5 Å². The summed E-state index contributed by atoms with van der Waals surface area (Å²) >= 11 is 0. The summed E-state index contributed by atoms with van der Waals surface area (Å²) in [5.41, 5.74) is 5.04. The van der Waals surface area contributed by atoms with Crippen molar-refractivity contribution in [3.63, 3.8) is 0 Å². The number of fused-ring (bicyclic) bond motifs is 1. The molecule has 0 radical (unpaired) electrons. The van der Waals surface area contributed by atoms with Crippen LogP contribution in [0.5, 0.6) is 0 Å². The number of nitrogens with zero attached hydrogens (tertiary/aromatic N) is 3. The quantitative estimate of drug-likeness (QED) is 0.495. The van der Waals surface area contributed by atoms with E-state index >= 15 is 0 Å².